The van der Waals surface area contributed by atoms with Crippen LogP contribution in [0.4, 0.5) is 0 Å². The maximum absolute atomic E-state index is 10.2. The van der Waals surface area contributed by atoms with Gasteiger partial charge in [0.15, 0.2) is 0 Å². The van der Waals surface area contributed by atoms with E-state index < -0.39 is 22.2 Å². The summed E-state index contributed by atoms with van der Waals surface area (Å²) in [5, 5.41) is 0. The summed E-state index contributed by atoms with van der Waals surface area (Å²) < 4.78 is 40.7. The van der Waals surface area contributed by atoms with Gasteiger partial charge in [-0.25, -0.2) is 0 Å². The average molecular weight is 350 g/mol. The molecule has 0 heterocycles. The molecule has 2 atom stereocenters. The van der Waals surface area contributed by atoms with Gasteiger partial charge in [-0.15, -0.1) is 0 Å². The number of hydrogen-bond donors (Lipinski definition) is 0. The monoisotopic (exact) mass is 350 g/mol. The number of rotatable bonds is 4. The topological polar surface area (TPSA) is 80.3 Å². The summed E-state index contributed by atoms with van der Waals surface area (Å²) >= 11 is -3.93. The Morgan fingerprint density at radius 2 is 0.952 bits per heavy atom. The molecule has 21 heavy (non-hydrogen) atoms. The van der Waals surface area contributed by atoms with Gasteiger partial charge in [0.1, 0.15) is 0 Å². The molecule has 7 heteroatoms. The van der Waals surface area contributed by atoms with Gasteiger partial charge in [-0.05, 0) is 11.1 Å². The summed E-state index contributed by atoms with van der Waals surface area (Å²) in [5.74, 6) is 0.224. The Balaban J connectivity index is 0.000000364. The van der Waals surface area contributed by atoms with E-state index in [1.807, 2.05) is 36.4 Å². The van der Waals surface area contributed by atoms with Gasteiger partial charge in [-0.3, -0.25) is 8.42 Å². The maximum atomic E-state index is 10.2. The normalized spacial score (nSPS) is 12.3. The van der Waals surface area contributed by atoms with Crippen LogP contribution in [0.1, 0.15) is 11.1 Å². The smallest absolute Gasteiger partial charge is 0.772 e. The first kappa shape index (κ1) is 20.9. The van der Waals surface area contributed by atoms with Gasteiger partial charge in [0.25, 0.3) is 0 Å². The van der Waals surface area contributed by atoms with E-state index in [4.69, 9.17) is 0 Å². The first-order chi connectivity index (χ1) is 9.58. The Morgan fingerprint density at radius 3 is 1.19 bits per heavy atom. The Kier molecular flexibility index (Phi) is 12.4. The Bertz CT molecular complexity index is 498. The minimum atomic E-state index is -1.97. The van der Waals surface area contributed by atoms with Crippen LogP contribution < -0.4 is 0 Å². The molecule has 0 N–H and O–H groups in total. The zero-order valence-corrected chi connectivity index (χ0v) is 15.2. The Morgan fingerprint density at radius 1 is 0.667 bits per heavy atom. The molecule has 0 aliphatic heterocycles. The van der Waals surface area contributed by atoms with Crippen molar-refractivity contribution in [3.63, 3.8) is 0 Å². The van der Waals surface area contributed by atoms with Crippen LogP contribution in [0.3, 0.4) is 0 Å². The van der Waals surface area contributed by atoms with E-state index in [1.54, 1.807) is 24.3 Å². The molecule has 0 aliphatic rings. The fourth-order valence-corrected chi connectivity index (χ4v) is 2.35. The second-order valence-electron chi connectivity index (χ2n) is 3.87. The van der Waals surface area contributed by atoms with E-state index in [0.717, 1.165) is 11.1 Å². The first-order valence-electron chi connectivity index (χ1n) is 5.77. The standard InChI is InChI=1S/2C7H8O2S.Ca/c2*8-10(9)6-7-4-2-1-3-5-7;/h2*1-5H,6H2,(H,8,9);/q;;+2/p-2. The zero-order chi connectivity index (χ0) is 14.8. The van der Waals surface area contributed by atoms with E-state index in [1.165, 1.54) is 0 Å². The molecular weight excluding hydrogens is 336 g/mol. The van der Waals surface area contributed by atoms with Gasteiger partial charge in [0.05, 0.1) is 0 Å². The van der Waals surface area contributed by atoms with E-state index in [-0.39, 0.29) is 49.2 Å². The molecule has 0 spiro atoms. The molecule has 2 aromatic carbocycles. The second kappa shape index (κ2) is 12.5. The average Bonchev–Trinajstić information content (AvgIpc) is 2.40. The third-order valence-corrected chi connectivity index (χ3v) is 3.39. The second-order valence-corrected chi connectivity index (χ2v) is 5.66. The molecule has 2 rings (SSSR count). The van der Waals surface area contributed by atoms with Crippen molar-refractivity contribution >= 4 is 59.9 Å². The van der Waals surface area contributed by atoms with Crippen LogP contribution in [0, 0.1) is 0 Å². The van der Waals surface area contributed by atoms with Crippen molar-refractivity contribution < 1.29 is 17.5 Å². The molecule has 0 fully saturated rings. The van der Waals surface area contributed by atoms with Crippen molar-refractivity contribution in [1.29, 1.82) is 0 Å². The van der Waals surface area contributed by atoms with E-state index in [0.29, 0.717) is 0 Å². The molecule has 0 aliphatic carbocycles. The van der Waals surface area contributed by atoms with Crippen molar-refractivity contribution in [2.75, 3.05) is 0 Å². The van der Waals surface area contributed by atoms with Crippen LogP contribution in [-0.2, 0) is 33.7 Å². The third-order valence-electron chi connectivity index (χ3n) is 2.25. The minimum absolute atomic E-state index is 0. The number of hydrogen-bond acceptors (Lipinski definition) is 4. The Labute approximate surface area is 159 Å². The van der Waals surface area contributed by atoms with Gasteiger partial charge in [0.2, 0.25) is 0 Å². The summed E-state index contributed by atoms with van der Waals surface area (Å²) in [5.41, 5.74) is 1.66. The first-order valence-corrected chi connectivity index (χ1v) is 8.26. The van der Waals surface area contributed by atoms with Gasteiger partial charge < -0.3 is 9.11 Å². The fourth-order valence-electron chi connectivity index (χ4n) is 1.42. The van der Waals surface area contributed by atoms with E-state index in [2.05, 4.69) is 0 Å². The molecule has 0 bridgehead atoms. The van der Waals surface area contributed by atoms with Crippen molar-refractivity contribution in [2.24, 2.45) is 0 Å². The van der Waals surface area contributed by atoms with Crippen molar-refractivity contribution in [1.82, 2.24) is 0 Å². The van der Waals surface area contributed by atoms with Crippen LogP contribution in [0.5, 0.6) is 0 Å². The van der Waals surface area contributed by atoms with Crippen molar-refractivity contribution in [3.8, 4) is 0 Å². The van der Waals surface area contributed by atoms with E-state index >= 15 is 0 Å². The summed E-state index contributed by atoms with van der Waals surface area (Å²) in [6.07, 6.45) is 0. The number of benzene rings is 2. The largest absolute Gasteiger partial charge is 2.00 e. The maximum Gasteiger partial charge on any atom is 2.00 e. The summed E-state index contributed by atoms with van der Waals surface area (Å²) in [7, 11) is 0. The quantitative estimate of drug-likeness (QED) is 0.621. The molecule has 2 unspecified atom stereocenters. The van der Waals surface area contributed by atoms with Gasteiger partial charge >= 0.3 is 37.7 Å². The van der Waals surface area contributed by atoms with Crippen LogP contribution in [-0.4, -0.2) is 55.3 Å². The molecule has 4 nitrogen and oxygen atoms in total. The molecule has 0 aromatic heterocycles. The van der Waals surface area contributed by atoms with Gasteiger partial charge in [-0.1, -0.05) is 82.8 Å². The predicted molar refractivity (Wildman–Crippen MR) is 83.9 cm³/mol. The molecule has 2 aromatic rings. The van der Waals surface area contributed by atoms with Gasteiger partial charge in [0, 0.05) is 11.5 Å². The van der Waals surface area contributed by atoms with Crippen LogP contribution >= 0.6 is 0 Å². The third kappa shape index (κ3) is 11.2. The molecule has 0 radical (unpaired) electrons. The summed E-state index contributed by atoms with van der Waals surface area (Å²) in [6, 6.07) is 18.2. The predicted octanol–water partition coefficient (Wildman–Crippen LogP) is 1.75. The minimum Gasteiger partial charge on any atom is -0.772 e. The summed E-state index contributed by atoms with van der Waals surface area (Å²) in [6.45, 7) is 0. The van der Waals surface area contributed by atoms with Crippen molar-refractivity contribution in [2.45, 2.75) is 11.5 Å². The van der Waals surface area contributed by atoms with Gasteiger partial charge in [-0.2, -0.15) is 0 Å². The van der Waals surface area contributed by atoms with E-state index in [9.17, 15) is 17.5 Å². The zero-order valence-electron chi connectivity index (χ0n) is 11.3. The van der Waals surface area contributed by atoms with Crippen LogP contribution in [0.2, 0.25) is 0 Å². The molecule has 0 saturated heterocycles. The summed E-state index contributed by atoms with van der Waals surface area (Å²) in [4.78, 5) is 0. The molecular formula is C14H14CaO4S2. The van der Waals surface area contributed by atoms with Crippen LogP contribution in [0.25, 0.3) is 0 Å². The Hall–Kier alpha value is -0.0803. The molecule has 0 amide bonds. The van der Waals surface area contributed by atoms with Crippen LogP contribution in [0.15, 0.2) is 60.7 Å². The van der Waals surface area contributed by atoms with Crippen molar-refractivity contribution in [3.05, 3.63) is 71.8 Å². The molecule has 108 valence electrons. The fraction of sp³-hybridized carbons (Fsp3) is 0.143. The molecule has 0 saturated carbocycles. The SMILES string of the molecule is O=S([O-])Cc1ccccc1.O=S([O-])Cc1ccccc1.[Ca+2].